The Balaban J connectivity index is 1.43. The van der Waals surface area contributed by atoms with Crippen LogP contribution in [0.25, 0.3) is 11.3 Å². The average Bonchev–Trinajstić information content (AvgIpc) is 3.01. The number of amides is 1. The monoisotopic (exact) mass is 646 g/mol. The van der Waals surface area contributed by atoms with Gasteiger partial charge in [-0.2, -0.15) is 13.2 Å². The molecule has 1 fully saturated rings. The summed E-state index contributed by atoms with van der Waals surface area (Å²) in [5.41, 5.74) is 2.50. The molecule has 0 aliphatic carbocycles. The van der Waals surface area contributed by atoms with Crippen molar-refractivity contribution >= 4 is 17.6 Å². The molecule has 1 amide bonds. The van der Waals surface area contributed by atoms with E-state index in [1.54, 1.807) is 33.0 Å². The fourth-order valence-electron chi connectivity index (χ4n) is 5.95. The minimum absolute atomic E-state index is 0.0172. The van der Waals surface area contributed by atoms with Crippen LogP contribution >= 0.6 is 0 Å². The first kappa shape index (κ1) is 32.9. The molecule has 0 radical (unpaired) electrons. The smallest absolute Gasteiger partial charge is 0.411 e. The van der Waals surface area contributed by atoms with Crippen LogP contribution in [0.5, 0.6) is 5.75 Å². The van der Waals surface area contributed by atoms with Crippen LogP contribution in [0.3, 0.4) is 0 Å². The molecule has 0 saturated carbocycles. The molecule has 0 bridgehead atoms. The van der Waals surface area contributed by atoms with Crippen molar-refractivity contribution in [1.82, 2.24) is 14.9 Å². The molecule has 2 aromatic carbocycles. The number of carboxylic acid groups (broad SMARTS) is 1. The lowest BCUT2D eigenvalue weighted by Crippen LogP contribution is -2.53. The lowest BCUT2D eigenvalue weighted by atomic mass is 9.91. The Morgan fingerprint density at radius 1 is 1.17 bits per heavy atom. The first-order chi connectivity index (χ1) is 21.7. The van der Waals surface area contributed by atoms with Gasteiger partial charge in [-0.25, -0.2) is 14.2 Å². The Bertz CT molecular complexity index is 1730. The Kier molecular flexibility index (Phi) is 9.12. The number of aryl methyl sites for hydroxylation is 2. The van der Waals surface area contributed by atoms with Gasteiger partial charge in [-0.05, 0) is 68.5 Å². The molecule has 46 heavy (non-hydrogen) atoms. The van der Waals surface area contributed by atoms with E-state index in [0.29, 0.717) is 53.3 Å². The third kappa shape index (κ3) is 6.30. The molecule has 2 atom stereocenters. The van der Waals surface area contributed by atoms with E-state index >= 15 is 4.39 Å². The predicted molar refractivity (Wildman–Crippen MR) is 160 cm³/mol. The second-order valence-electron chi connectivity index (χ2n) is 11.5. The normalized spacial score (nSPS) is 17.2. The summed E-state index contributed by atoms with van der Waals surface area (Å²) >= 11 is 0. The number of anilines is 1. The van der Waals surface area contributed by atoms with E-state index in [2.05, 4.69) is 10.3 Å². The average molecular weight is 647 g/mol. The fourth-order valence-corrected chi connectivity index (χ4v) is 5.95. The van der Waals surface area contributed by atoms with Crippen LogP contribution in [0.1, 0.15) is 44.9 Å². The molecule has 1 aromatic heterocycles. The molecule has 246 valence electrons. The maximum atomic E-state index is 15.4. The summed E-state index contributed by atoms with van der Waals surface area (Å²) in [5.74, 6) is -3.05. The van der Waals surface area contributed by atoms with E-state index < -0.39 is 48.1 Å². The van der Waals surface area contributed by atoms with E-state index in [0.717, 1.165) is 11.0 Å². The standard InChI is InChI=1S/C32H34F4N4O6/c1-16-12-20(40-9-11-45-15-25(40)32(34,35)36)14-23(33)26(16)29(41)38-24(31(43)44)13-19-7-8-22(28-21(19)6-5-10-46-28)27-30(42)39(4)18(3)17(2)37-27/h7-8,12,14,24-25H,5-6,9-11,13,15H2,1-4H3,(H,38,41)(H,43,44)/t24-,25+/m0/s1. The van der Waals surface area contributed by atoms with Crippen LogP contribution < -0.4 is 20.5 Å². The second-order valence-corrected chi connectivity index (χ2v) is 11.5. The zero-order valence-electron chi connectivity index (χ0n) is 25.8. The number of halogens is 4. The molecule has 10 nitrogen and oxygen atoms in total. The van der Waals surface area contributed by atoms with Crippen LogP contribution in [0, 0.1) is 26.6 Å². The molecule has 14 heteroatoms. The zero-order chi connectivity index (χ0) is 33.5. The summed E-state index contributed by atoms with van der Waals surface area (Å²) < 4.78 is 68.6. The predicted octanol–water partition coefficient (Wildman–Crippen LogP) is 4.03. The molecule has 1 saturated heterocycles. The number of hydrogen-bond acceptors (Lipinski definition) is 7. The Morgan fingerprint density at radius 2 is 1.91 bits per heavy atom. The summed E-state index contributed by atoms with van der Waals surface area (Å²) in [6.45, 7) is 4.62. The van der Waals surface area contributed by atoms with E-state index in [-0.39, 0.29) is 42.1 Å². The highest BCUT2D eigenvalue weighted by atomic mass is 19.4. The maximum absolute atomic E-state index is 15.4. The van der Waals surface area contributed by atoms with Gasteiger partial charge in [0.15, 0.2) is 0 Å². The van der Waals surface area contributed by atoms with Gasteiger partial charge >= 0.3 is 12.1 Å². The van der Waals surface area contributed by atoms with Gasteiger partial charge in [-0.3, -0.25) is 9.59 Å². The van der Waals surface area contributed by atoms with Crippen LogP contribution in [0.2, 0.25) is 0 Å². The number of fused-ring (bicyclic) bond motifs is 1. The van der Waals surface area contributed by atoms with Gasteiger partial charge in [0.2, 0.25) is 0 Å². The van der Waals surface area contributed by atoms with Crippen molar-refractivity contribution in [3.63, 3.8) is 0 Å². The van der Waals surface area contributed by atoms with E-state index in [1.807, 2.05) is 0 Å². The molecule has 3 heterocycles. The van der Waals surface area contributed by atoms with Gasteiger partial charge in [0, 0.05) is 37.0 Å². The maximum Gasteiger partial charge on any atom is 0.411 e. The summed E-state index contributed by atoms with van der Waals surface area (Å²) in [6, 6.07) is 1.97. The van der Waals surface area contributed by atoms with Crippen molar-refractivity contribution in [2.24, 2.45) is 7.05 Å². The molecule has 2 N–H and O–H groups in total. The number of nitrogens with zero attached hydrogens (tertiary/aromatic N) is 3. The fraction of sp³-hybridized carbons (Fsp3) is 0.438. The number of morpholine rings is 1. The van der Waals surface area contributed by atoms with E-state index in [4.69, 9.17) is 9.47 Å². The van der Waals surface area contributed by atoms with Crippen molar-refractivity contribution in [1.29, 1.82) is 0 Å². The summed E-state index contributed by atoms with van der Waals surface area (Å²) in [7, 11) is 1.65. The lowest BCUT2D eigenvalue weighted by molar-refractivity contribution is -0.167. The molecule has 0 unspecified atom stereocenters. The Morgan fingerprint density at radius 3 is 2.59 bits per heavy atom. The summed E-state index contributed by atoms with van der Waals surface area (Å²) in [6.07, 6.45) is -3.63. The molecular weight excluding hydrogens is 612 g/mol. The number of carbonyl (C=O) groups is 2. The van der Waals surface area contributed by atoms with Gasteiger partial charge in [0.25, 0.3) is 11.5 Å². The number of rotatable bonds is 7. The van der Waals surface area contributed by atoms with Gasteiger partial charge in [0.05, 0.1) is 31.1 Å². The molecule has 0 spiro atoms. The van der Waals surface area contributed by atoms with E-state index in [1.165, 1.54) is 17.6 Å². The number of ether oxygens (including phenoxy) is 2. The van der Waals surface area contributed by atoms with Crippen molar-refractivity contribution in [2.45, 2.75) is 58.3 Å². The number of benzene rings is 2. The molecule has 2 aliphatic heterocycles. The SMILES string of the molecule is Cc1cc(N2CCOC[C@@H]2C(F)(F)F)cc(F)c1C(=O)N[C@@H](Cc1ccc(-c2nc(C)c(C)n(C)c2=O)c2c1CCCO2)C(=O)O. The number of nitrogens with one attached hydrogen (secondary N) is 1. The summed E-state index contributed by atoms with van der Waals surface area (Å²) in [5, 5.41) is 12.4. The zero-order valence-corrected chi connectivity index (χ0v) is 25.8. The largest absolute Gasteiger partial charge is 0.493 e. The highest BCUT2D eigenvalue weighted by Gasteiger charge is 2.45. The third-order valence-electron chi connectivity index (χ3n) is 8.61. The van der Waals surface area contributed by atoms with Crippen molar-refractivity contribution in [3.8, 4) is 17.0 Å². The number of hydrogen-bond donors (Lipinski definition) is 2. The highest BCUT2D eigenvalue weighted by Crippen LogP contribution is 2.38. The van der Waals surface area contributed by atoms with Crippen LogP contribution in [-0.2, 0) is 29.4 Å². The quantitative estimate of drug-likeness (QED) is 0.369. The van der Waals surface area contributed by atoms with Crippen molar-refractivity contribution in [2.75, 3.05) is 31.3 Å². The van der Waals surface area contributed by atoms with Crippen molar-refractivity contribution in [3.05, 3.63) is 74.1 Å². The van der Waals surface area contributed by atoms with Gasteiger partial charge in [-0.1, -0.05) is 6.07 Å². The van der Waals surface area contributed by atoms with E-state index in [9.17, 15) is 32.7 Å². The summed E-state index contributed by atoms with van der Waals surface area (Å²) in [4.78, 5) is 44.2. The van der Waals surface area contributed by atoms with Crippen LogP contribution in [-0.4, -0.2) is 71.2 Å². The first-order valence-electron chi connectivity index (χ1n) is 14.8. The molecule has 3 aromatic rings. The second kappa shape index (κ2) is 12.7. The molecule has 5 rings (SSSR count). The topological polar surface area (TPSA) is 123 Å². The minimum atomic E-state index is -4.62. The minimum Gasteiger partial charge on any atom is -0.493 e. The van der Waals surface area contributed by atoms with Gasteiger partial charge in [0.1, 0.15) is 29.3 Å². The number of carbonyl (C=O) groups excluding carboxylic acids is 1. The van der Waals surface area contributed by atoms with Crippen LogP contribution in [0.4, 0.5) is 23.2 Å². The number of aliphatic carboxylic acids is 1. The highest BCUT2D eigenvalue weighted by molar-refractivity contribution is 5.98. The number of alkyl halides is 3. The molecular formula is C32H34F4N4O6. The molecule has 2 aliphatic rings. The van der Waals surface area contributed by atoms with Gasteiger partial charge in [-0.15, -0.1) is 0 Å². The van der Waals surface area contributed by atoms with Crippen LogP contribution in [0.15, 0.2) is 29.1 Å². The Labute approximate surface area is 261 Å². The first-order valence-corrected chi connectivity index (χ1v) is 14.8. The van der Waals surface area contributed by atoms with Gasteiger partial charge < -0.3 is 29.4 Å². The number of carboxylic acids is 1. The Hall–Kier alpha value is -4.46. The number of aromatic nitrogens is 2. The van der Waals surface area contributed by atoms with Crippen molar-refractivity contribution < 1.29 is 41.7 Å². The lowest BCUT2D eigenvalue weighted by Gasteiger charge is -2.38. The third-order valence-corrected chi connectivity index (χ3v) is 8.61.